The molecule has 6 nitrogen and oxygen atoms in total. The molecule has 0 bridgehead atoms. The number of carboxylic acid groups (broad SMARTS) is 1. The standard InChI is InChI=1S/C11H21N3O3/c1-12-5-7-13(2)11(17)14-6-3-4-9(8-14)10(15)16/h9,12H,3-8H2,1-2H3,(H,15,16). The molecule has 0 spiro atoms. The molecule has 0 aromatic carbocycles. The van der Waals surface area contributed by atoms with Crippen molar-refractivity contribution in [2.24, 2.45) is 5.92 Å². The topological polar surface area (TPSA) is 72.9 Å². The van der Waals surface area contributed by atoms with Gasteiger partial charge in [0.05, 0.1) is 5.92 Å². The number of hydrogen-bond acceptors (Lipinski definition) is 3. The Morgan fingerprint density at radius 2 is 2.24 bits per heavy atom. The number of aliphatic carboxylic acids is 1. The molecule has 1 aliphatic rings. The molecule has 1 heterocycles. The summed E-state index contributed by atoms with van der Waals surface area (Å²) >= 11 is 0. The van der Waals surface area contributed by atoms with E-state index in [1.165, 1.54) is 0 Å². The Kier molecular flexibility index (Phi) is 5.21. The molecule has 0 aliphatic carbocycles. The molecule has 0 saturated carbocycles. The Labute approximate surface area is 102 Å². The van der Waals surface area contributed by atoms with Gasteiger partial charge in [0.2, 0.25) is 0 Å². The largest absolute Gasteiger partial charge is 0.481 e. The second-order valence-electron chi connectivity index (χ2n) is 4.43. The summed E-state index contributed by atoms with van der Waals surface area (Å²) in [5, 5.41) is 11.9. The number of carbonyl (C=O) groups is 2. The minimum Gasteiger partial charge on any atom is -0.481 e. The first-order chi connectivity index (χ1) is 8.06. The number of nitrogens with zero attached hydrogens (tertiary/aromatic N) is 2. The summed E-state index contributed by atoms with van der Waals surface area (Å²) in [6.07, 6.45) is 1.43. The van der Waals surface area contributed by atoms with Gasteiger partial charge in [-0.2, -0.15) is 0 Å². The molecule has 6 heteroatoms. The zero-order chi connectivity index (χ0) is 12.8. The predicted molar refractivity (Wildman–Crippen MR) is 63.9 cm³/mol. The minimum absolute atomic E-state index is 0.0776. The van der Waals surface area contributed by atoms with E-state index in [4.69, 9.17) is 5.11 Å². The van der Waals surface area contributed by atoms with Crippen LogP contribution in [-0.4, -0.2) is 67.2 Å². The van der Waals surface area contributed by atoms with Gasteiger partial charge < -0.3 is 20.2 Å². The fraction of sp³-hybridized carbons (Fsp3) is 0.818. The number of likely N-dealkylation sites (tertiary alicyclic amines) is 1. The van der Waals surface area contributed by atoms with E-state index in [-0.39, 0.29) is 6.03 Å². The monoisotopic (exact) mass is 243 g/mol. The van der Waals surface area contributed by atoms with Crippen LogP contribution in [0.5, 0.6) is 0 Å². The maximum atomic E-state index is 12.0. The number of piperidine rings is 1. The van der Waals surface area contributed by atoms with Gasteiger partial charge in [0.25, 0.3) is 0 Å². The number of carbonyl (C=O) groups excluding carboxylic acids is 1. The van der Waals surface area contributed by atoms with Crippen LogP contribution in [0.3, 0.4) is 0 Å². The summed E-state index contributed by atoms with van der Waals surface area (Å²) in [6, 6.07) is -0.0776. The molecule has 0 radical (unpaired) electrons. The molecule has 2 N–H and O–H groups in total. The third kappa shape index (κ3) is 3.89. The highest BCUT2D eigenvalue weighted by Gasteiger charge is 2.29. The molecular formula is C11H21N3O3. The minimum atomic E-state index is -0.805. The van der Waals surface area contributed by atoms with Crippen molar-refractivity contribution >= 4 is 12.0 Å². The number of likely N-dealkylation sites (N-methyl/N-ethyl adjacent to an activating group) is 2. The van der Waals surface area contributed by atoms with Crippen molar-refractivity contribution in [2.45, 2.75) is 12.8 Å². The Hall–Kier alpha value is -1.30. The molecule has 1 aliphatic heterocycles. The van der Waals surface area contributed by atoms with E-state index in [0.717, 1.165) is 13.0 Å². The van der Waals surface area contributed by atoms with Crippen molar-refractivity contribution in [2.75, 3.05) is 40.3 Å². The molecule has 0 aromatic heterocycles. The normalized spacial score (nSPS) is 20.1. The van der Waals surface area contributed by atoms with Crippen LogP contribution in [0.2, 0.25) is 0 Å². The van der Waals surface area contributed by atoms with Crippen LogP contribution in [0.15, 0.2) is 0 Å². The number of rotatable bonds is 4. The van der Waals surface area contributed by atoms with Gasteiger partial charge in [-0.25, -0.2) is 4.79 Å². The van der Waals surface area contributed by atoms with Crippen LogP contribution < -0.4 is 5.32 Å². The fourth-order valence-electron chi connectivity index (χ4n) is 1.97. The Bertz CT molecular complexity index is 283. The zero-order valence-corrected chi connectivity index (χ0v) is 10.5. The second kappa shape index (κ2) is 6.44. The number of nitrogens with one attached hydrogen (secondary N) is 1. The van der Waals surface area contributed by atoms with Crippen molar-refractivity contribution in [3.05, 3.63) is 0 Å². The van der Waals surface area contributed by atoms with Gasteiger partial charge in [-0.3, -0.25) is 4.79 Å². The lowest BCUT2D eigenvalue weighted by atomic mass is 9.99. The molecule has 1 fully saturated rings. The van der Waals surface area contributed by atoms with Crippen LogP contribution in [0, 0.1) is 5.92 Å². The van der Waals surface area contributed by atoms with Crippen LogP contribution in [0.1, 0.15) is 12.8 Å². The average molecular weight is 243 g/mol. The van der Waals surface area contributed by atoms with Crippen molar-refractivity contribution < 1.29 is 14.7 Å². The van der Waals surface area contributed by atoms with Crippen LogP contribution >= 0.6 is 0 Å². The van der Waals surface area contributed by atoms with Crippen LogP contribution in [-0.2, 0) is 4.79 Å². The van der Waals surface area contributed by atoms with E-state index in [2.05, 4.69) is 5.32 Å². The fourth-order valence-corrected chi connectivity index (χ4v) is 1.97. The molecule has 1 unspecified atom stereocenters. The third-order valence-electron chi connectivity index (χ3n) is 3.06. The highest BCUT2D eigenvalue weighted by atomic mass is 16.4. The number of amides is 2. The summed E-state index contributed by atoms with van der Waals surface area (Å²) in [5.74, 6) is -1.22. The average Bonchev–Trinajstić information content (AvgIpc) is 2.35. The van der Waals surface area contributed by atoms with Gasteiger partial charge in [-0.1, -0.05) is 0 Å². The number of hydrogen-bond donors (Lipinski definition) is 2. The Morgan fingerprint density at radius 1 is 1.53 bits per heavy atom. The first-order valence-electron chi connectivity index (χ1n) is 5.93. The van der Waals surface area contributed by atoms with E-state index < -0.39 is 11.9 Å². The Balaban J connectivity index is 2.48. The van der Waals surface area contributed by atoms with Crippen LogP contribution in [0.4, 0.5) is 4.79 Å². The highest BCUT2D eigenvalue weighted by molar-refractivity contribution is 5.76. The first-order valence-corrected chi connectivity index (χ1v) is 5.93. The molecule has 98 valence electrons. The van der Waals surface area contributed by atoms with E-state index >= 15 is 0 Å². The van der Waals surface area contributed by atoms with Gasteiger partial charge in [0, 0.05) is 33.2 Å². The second-order valence-corrected chi connectivity index (χ2v) is 4.43. The van der Waals surface area contributed by atoms with E-state index in [1.807, 2.05) is 7.05 Å². The highest BCUT2D eigenvalue weighted by Crippen LogP contribution is 2.17. The van der Waals surface area contributed by atoms with Gasteiger partial charge >= 0.3 is 12.0 Å². The third-order valence-corrected chi connectivity index (χ3v) is 3.06. The molecule has 1 atom stereocenters. The molecular weight excluding hydrogens is 222 g/mol. The summed E-state index contributed by atoms with van der Waals surface area (Å²) < 4.78 is 0. The SMILES string of the molecule is CNCCN(C)C(=O)N1CCCC(C(=O)O)C1. The van der Waals surface area contributed by atoms with Gasteiger partial charge in [-0.05, 0) is 19.9 Å². The summed E-state index contributed by atoms with van der Waals surface area (Å²) in [5.41, 5.74) is 0. The van der Waals surface area contributed by atoms with Gasteiger partial charge in [-0.15, -0.1) is 0 Å². The molecule has 0 aromatic rings. The van der Waals surface area contributed by atoms with Crippen molar-refractivity contribution in [3.63, 3.8) is 0 Å². The lowest BCUT2D eigenvalue weighted by Gasteiger charge is -2.33. The summed E-state index contributed by atoms with van der Waals surface area (Å²) in [4.78, 5) is 26.2. The van der Waals surface area contributed by atoms with Crippen LogP contribution in [0.25, 0.3) is 0 Å². The first kappa shape index (κ1) is 13.8. The quantitative estimate of drug-likeness (QED) is 0.732. The molecule has 17 heavy (non-hydrogen) atoms. The lowest BCUT2D eigenvalue weighted by molar-refractivity contribution is -0.143. The number of carboxylic acids is 1. The van der Waals surface area contributed by atoms with Gasteiger partial charge in [0.1, 0.15) is 0 Å². The molecule has 1 rings (SSSR count). The predicted octanol–water partition coefficient (Wildman–Crippen LogP) is 0.0542. The zero-order valence-electron chi connectivity index (χ0n) is 10.5. The maximum Gasteiger partial charge on any atom is 0.319 e. The summed E-state index contributed by atoms with van der Waals surface area (Å²) in [7, 11) is 3.57. The van der Waals surface area contributed by atoms with Crippen molar-refractivity contribution in [1.29, 1.82) is 0 Å². The smallest absolute Gasteiger partial charge is 0.319 e. The molecule has 1 saturated heterocycles. The van der Waals surface area contributed by atoms with E-state index in [0.29, 0.717) is 26.1 Å². The van der Waals surface area contributed by atoms with Crippen molar-refractivity contribution in [1.82, 2.24) is 15.1 Å². The number of urea groups is 1. The summed E-state index contributed by atoms with van der Waals surface area (Å²) in [6.45, 7) is 2.35. The molecule has 2 amide bonds. The lowest BCUT2D eigenvalue weighted by Crippen LogP contribution is -2.48. The van der Waals surface area contributed by atoms with Crippen molar-refractivity contribution in [3.8, 4) is 0 Å². The maximum absolute atomic E-state index is 12.0. The Morgan fingerprint density at radius 3 is 2.82 bits per heavy atom. The van der Waals surface area contributed by atoms with E-state index in [9.17, 15) is 9.59 Å². The van der Waals surface area contributed by atoms with Gasteiger partial charge in [0.15, 0.2) is 0 Å². The van der Waals surface area contributed by atoms with E-state index in [1.54, 1.807) is 16.8 Å².